The fourth-order valence-electron chi connectivity index (χ4n) is 2.92. The summed E-state index contributed by atoms with van der Waals surface area (Å²) in [5.74, 6) is 0.130. The molecule has 1 saturated heterocycles. The van der Waals surface area contributed by atoms with Crippen molar-refractivity contribution >= 4 is 29.1 Å². The quantitative estimate of drug-likeness (QED) is 0.770. The van der Waals surface area contributed by atoms with E-state index in [2.05, 4.69) is 20.4 Å². The molecule has 2 aliphatic rings. The van der Waals surface area contributed by atoms with Crippen LogP contribution < -0.4 is 10.6 Å². The molecule has 0 atom stereocenters. The van der Waals surface area contributed by atoms with E-state index in [1.807, 2.05) is 12.1 Å². The van der Waals surface area contributed by atoms with Crippen molar-refractivity contribution < 1.29 is 9.59 Å². The number of benzene rings is 1. The van der Waals surface area contributed by atoms with Gasteiger partial charge in [0.15, 0.2) is 0 Å². The first-order valence-electron chi connectivity index (χ1n) is 8.88. The Kier molecular flexibility index (Phi) is 6.29. The monoisotopic (exact) mass is 364 g/mol. The molecule has 1 aliphatic heterocycles. The van der Waals surface area contributed by atoms with Gasteiger partial charge in [-0.15, -0.1) is 0 Å². The molecule has 0 aromatic heterocycles. The molecule has 1 saturated carbocycles. The van der Waals surface area contributed by atoms with Crippen LogP contribution in [-0.2, 0) is 9.59 Å². The van der Waals surface area contributed by atoms with Crippen molar-refractivity contribution in [3.8, 4) is 0 Å². The summed E-state index contributed by atoms with van der Waals surface area (Å²) in [5, 5.41) is 6.50. The highest BCUT2D eigenvalue weighted by molar-refractivity contribution is 6.30. The zero-order valence-electron chi connectivity index (χ0n) is 14.3. The molecule has 136 valence electrons. The molecular weight excluding hydrogens is 340 g/mol. The van der Waals surface area contributed by atoms with Crippen LogP contribution >= 0.6 is 11.6 Å². The van der Waals surface area contributed by atoms with Crippen LogP contribution in [0.3, 0.4) is 0 Å². The molecule has 0 unspecified atom stereocenters. The van der Waals surface area contributed by atoms with E-state index in [1.54, 1.807) is 12.1 Å². The molecule has 1 aromatic rings. The molecule has 6 nitrogen and oxygen atoms in total. The first kappa shape index (κ1) is 18.2. The second-order valence-electron chi connectivity index (χ2n) is 6.77. The van der Waals surface area contributed by atoms with Crippen LogP contribution in [0.15, 0.2) is 24.3 Å². The van der Waals surface area contributed by atoms with E-state index in [1.165, 1.54) is 0 Å². The van der Waals surface area contributed by atoms with E-state index in [-0.39, 0.29) is 11.8 Å². The maximum Gasteiger partial charge on any atom is 0.234 e. The minimum atomic E-state index is -0.00601. The highest BCUT2D eigenvalue weighted by Gasteiger charge is 2.25. The third-order valence-electron chi connectivity index (χ3n) is 4.54. The molecule has 0 bridgehead atoms. The van der Waals surface area contributed by atoms with Gasteiger partial charge >= 0.3 is 0 Å². The molecule has 1 heterocycles. The predicted octanol–water partition coefficient (Wildman–Crippen LogP) is 1.56. The second kappa shape index (κ2) is 8.65. The number of nitrogens with zero attached hydrogens (tertiary/aromatic N) is 2. The van der Waals surface area contributed by atoms with Gasteiger partial charge in [0.05, 0.1) is 6.54 Å². The van der Waals surface area contributed by atoms with Crippen LogP contribution in [0.1, 0.15) is 19.3 Å². The second-order valence-corrected chi connectivity index (χ2v) is 7.20. The smallest absolute Gasteiger partial charge is 0.234 e. The Labute approximate surface area is 153 Å². The third-order valence-corrected chi connectivity index (χ3v) is 4.77. The van der Waals surface area contributed by atoms with Gasteiger partial charge in [-0.1, -0.05) is 17.7 Å². The van der Waals surface area contributed by atoms with Gasteiger partial charge in [-0.3, -0.25) is 14.5 Å². The number of carbonyl (C=O) groups excluding carboxylic acids is 2. The Bertz CT molecular complexity index is 613. The van der Waals surface area contributed by atoms with E-state index < -0.39 is 0 Å². The highest BCUT2D eigenvalue weighted by Crippen LogP contribution is 2.18. The summed E-state index contributed by atoms with van der Waals surface area (Å²) in [7, 11) is 0. The summed E-state index contributed by atoms with van der Waals surface area (Å²) in [6, 6.07) is 7.59. The lowest BCUT2D eigenvalue weighted by molar-refractivity contribution is -0.122. The molecule has 2 amide bonds. The van der Waals surface area contributed by atoms with Crippen LogP contribution in [0.25, 0.3) is 0 Å². The van der Waals surface area contributed by atoms with Crippen molar-refractivity contribution in [1.82, 2.24) is 15.1 Å². The highest BCUT2D eigenvalue weighted by atomic mass is 35.5. The van der Waals surface area contributed by atoms with Crippen LogP contribution in [0, 0.1) is 0 Å². The molecule has 1 aromatic carbocycles. The van der Waals surface area contributed by atoms with Gasteiger partial charge in [-0.25, -0.2) is 0 Å². The lowest BCUT2D eigenvalue weighted by Crippen LogP contribution is -2.50. The average Bonchev–Trinajstić information content (AvgIpc) is 3.38. The molecule has 0 spiro atoms. The third kappa shape index (κ3) is 6.30. The fourth-order valence-corrected chi connectivity index (χ4v) is 3.11. The number of nitrogens with one attached hydrogen (secondary N) is 2. The fraction of sp³-hybridized carbons (Fsp3) is 0.556. The standard InChI is InChI=1S/C18H25ClN4O2/c19-14-2-1-3-16(12-14)21-17(24)6-7-22-8-10-23(11-9-22)13-18(25)20-15-4-5-15/h1-3,12,15H,4-11,13H2,(H,20,25)(H,21,24). The van der Waals surface area contributed by atoms with Gasteiger partial charge in [-0.2, -0.15) is 0 Å². The molecule has 7 heteroatoms. The Balaban J connectivity index is 1.31. The topological polar surface area (TPSA) is 64.7 Å². The van der Waals surface area contributed by atoms with Crippen molar-refractivity contribution in [3.63, 3.8) is 0 Å². The van der Waals surface area contributed by atoms with Gasteiger partial charge in [0.1, 0.15) is 0 Å². The summed E-state index contributed by atoms with van der Waals surface area (Å²) in [4.78, 5) is 28.3. The summed E-state index contributed by atoms with van der Waals surface area (Å²) < 4.78 is 0. The number of hydrogen-bond donors (Lipinski definition) is 2. The number of hydrogen-bond acceptors (Lipinski definition) is 4. The maximum absolute atomic E-state index is 12.0. The average molecular weight is 365 g/mol. The molecule has 3 rings (SSSR count). The number of rotatable bonds is 7. The molecule has 2 N–H and O–H groups in total. The summed E-state index contributed by atoms with van der Waals surface area (Å²) >= 11 is 5.92. The van der Waals surface area contributed by atoms with Gasteiger partial charge in [-0.05, 0) is 31.0 Å². The Morgan fingerprint density at radius 2 is 1.80 bits per heavy atom. The van der Waals surface area contributed by atoms with Crippen LogP contribution in [-0.4, -0.2) is 66.9 Å². The van der Waals surface area contributed by atoms with Gasteiger partial charge in [0, 0.05) is 55.9 Å². The van der Waals surface area contributed by atoms with Crippen LogP contribution in [0.4, 0.5) is 5.69 Å². The first-order valence-corrected chi connectivity index (χ1v) is 9.26. The zero-order chi connectivity index (χ0) is 17.6. The minimum Gasteiger partial charge on any atom is -0.352 e. The minimum absolute atomic E-state index is 0.00601. The maximum atomic E-state index is 12.0. The lowest BCUT2D eigenvalue weighted by atomic mass is 10.2. The normalized spacial score (nSPS) is 18.8. The Morgan fingerprint density at radius 3 is 2.48 bits per heavy atom. The molecule has 0 radical (unpaired) electrons. The molecule has 2 fully saturated rings. The van der Waals surface area contributed by atoms with Crippen molar-refractivity contribution in [3.05, 3.63) is 29.3 Å². The first-order chi connectivity index (χ1) is 12.1. The van der Waals surface area contributed by atoms with Gasteiger partial charge in [0.2, 0.25) is 11.8 Å². The predicted molar refractivity (Wildman–Crippen MR) is 98.7 cm³/mol. The number of halogens is 1. The van der Waals surface area contributed by atoms with Crippen molar-refractivity contribution in [2.24, 2.45) is 0 Å². The van der Waals surface area contributed by atoms with Crippen molar-refractivity contribution in [2.45, 2.75) is 25.3 Å². The summed E-state index contributed by atoms with van der Waals surface area (Å²) in [6.07, 6.45) is 2.70. The van der Waals surface area contributed by atoms with Crippen LogP contribution in [0.2, 0.25) is 5.02 Å². The van der Waals surface area contributed by atoms with Gasteiger partial charge < -0.3 is 15.5 Å². The van der Waals surface area contributed by atoms with Crippen molar-refractivity contribution in [1.29, 1.82) is 0 Å². The SMILES string of the molecule is O=C(CCN1CCN(CC(=O)NC2CC2)CC1)Nc1cccc(Cl)c1. The van der Waals surface area contributed by atoms with Crippen LogP contribution in [0.5, 0.6) is 0 Å². The van der Waals surface area contributed by atoms with Crippen molar-refractivity contribution in [2.75, 3.05) is 44.6 Å². The zero-order valence-corrected chi connectivity index (χ0v) is 15.1. The van der Waals surface area contributed by atoms with E-state index in [4.69, 9.17) is 11.6 Å². The molecule has 25 heavy (non-hydrogen) atoms. The van der Waals surface area contributed by atoms with E-state index >= 15 is 0 Å². The van der Waals surface area contributed by atoms with Gasteiger partial charge in [0.25, 0.3) is 0 Å². The number of carbonyl (C=O) groups is 2. The van der Waals surface area contributed by atoms with E-state index in [0.717, 1.165) is 51.3 Å². The Hall–Kier alpha value is -1.63. The summed E-state index contributed by atoms with van der Waals surface area (Å²) in [5.41, 5.74) is 0.726. The molecule has 1 aliphatic carbocycles. The lowest BCUT2D eigenvalue weighted by Gasteiger charge is -2.34. The molecular formula is C18H25ClN4O2. The van der Waals surface area contributed by atoms with E-state index in [9.17, 15) is 9.59 Å². The number of piperazine rings is 1. The largest absolute Gasteiger partial charge is 0.352 e. The number of anilines is 1. The van der Waals surface area contributed by atoms with E-state index in [0.29, 0.717) is 24.0 Å². The summed E-state index contributed by atoms with van der Waals surface area (Å²) in [6.45, 7) is 4.73. The Morgan fingerprint density at radius 1 is 1.08 bits per heavy atom. The number of amides is 2.